The van der Waals surface area contributed by atoms with Crippen molar-refractivity contribution in [2.45, 2.75) is 20.8 Å². The number of amides is 1. The maximum atomic E-state index is 12.3. The lowest BCUT2D eigenvalue weighted by Gasteiger charge is -2.19. The topological polar surface area (TPSA) is 29.5 Å². The van der Waals surface area contributed by atoms with Crippen LogP contribution in [0.15, 0.2) is 36.4 Å². The molecule has 0 aliphatic carbocycles. The van der Waals surface area contributed by atoms with E-state index in [1.54, 1.807) is 16.2 Å². The quantitative estimate of drug-likeness (QED) is 0.665. The number of carbonyl (C=O) groups excluding carboxylic acids is 1. The molecule has 0 N–H and O–H groups in total. The zero-order chi connectivity index (χ0) is 15.7. The Morgan fingerprint density at radius 2 is 1.82 bits per heavy atom. The van der Waals surface area contributed by atoms with Crippen LogP contribution in [0.1, 0.15) is 19.4 Å². The summed E-state index contributed by atoms with van der Waals surface area (Å²) in [5.41, 5.74) is 0.986. The van der Waals surface area contributed by atoms with Crippen LogP contribution in [0.5, 0.6) is 5.75 Å². The van der Waals surface area contributed by atoms with Crippen molar-refractivity contribution >= 4 is 37.6 Å². The summed E-state index contributed by atoms with van der Waals surface area (Å²) in [4.78, 5) is 14.0. The molecule has 0 aliphatic rings. The zero-order valence-corrected chi connectivity index (χ0v) is 13.9. The third-order valence-corrected chi connectivity index (χ3v) is 5.09. The van der Waals surface area contributed by atoms with Crippen LogP contribution in [0.3, 0.4) is 0 Å². The minimum atomic E-state index is -0.280. The maximum Gasteiger partial charge on any atom is 0.415 e. The summed E-state index contributed by atoms with van der Waals surface area (Å²) in [6.45, 7) is 7.19. The van der Waals surface area contributed by atoms with Crippen LogP contribution in [0.25, 0.3) is 20.2 Å². The Labute approximate surface area is 134 Å². The van der Waals surface area contributed by atoms with E-state index in [2.05, 4.69) is 18.2 Å². The van der Waals surface area contributed by atoms with Gasteiger partial charge in [-0.25, -0.2) is 4.79 Å². The number of aryl methyl sites for hydroxylation is 1. The molecule has 3 aromatic rings. The van der Waals surface area contributed by atoms with Gasteiger partial charge in [0.25, 0.3) is 0 Å². The van der Waals surface area contributed by atoms with Crippen molar-refractivity contribution < 1.29 is 9.53 Å². The second-order valence-electron chi connectivity index (χ2n) is 5.23. The van der Waals surface area contributed by atoms with E-state index in [1.807, 2.05) is 39.0 Å². The predicted molar refractivity (Wildman–Crippen MR) is 93.0 cm³/mol. The number of carbonyl (C=O) groups is 1. The number of rotatable bonds is 3. The largest absolute Gasteiger partial charge is 0.415 e. The van der Waals surface area contributed by atoms with E-state index in [0.717, 1.165) is 15.6 Å². The summed E-state index contributed by atoms with van der Waals surface area (Å²) in [6.07, 6.45) is -0.280. The van der Waals surface area contributed by atoms with Gasteiger partial charge in [0.1, 0.15) is 0 Å². The molecule has 4 heteroatoms. The van der Waals surface area contributed by atoms with Crippen LogP contribution in [-0.2, 0) is 0 Å². The summed E-state index contributed by atoms with van der Waals surface area (Å²) in [5.74, 6) is 0.690. The van der Waals surface area contributed by atoms with E-state index < -0.39 is 0 Å². The molecule has 1 aromatic heterocycles. The van der Waals surface area contributed by atoms with Crippen molar-refractivity contribution in [3.63, 3.8) is 0 Å². The first kappa shape index (κ1) is 14.9. The molecule has 114 valence electrons. The first-order valence-electron chi connectivity index (χ1n) is 7.53. The lowest BCUT2D eigenvalue weighted by atomic mass is 10.1. The van der Waals surface area contributed by atoms with Gasteiger partial charge in [0.05, 0.1) is 4.70 Å². The Morgan fingerprint density at radius 3 is 2.55 bits per heavy atom. The Kier molecular flexibility index (Phi) is 4.03. The number of fused-ring (bicyclic) bond motifs is 3. The van der Waals surface area contributed by atoms with E-state index >= 15 is 0 Å². The molecular formula is C18H19NO2S. The molecule has 3 nitrogen and oxygen atoms in total. The van der Waals surface area contributed by atoms with Crippen LogP contribution in [0.2, 0.25) is 0 Å². The molecule has 0 radical (unpaired) electrons. The highest BCUT2D eigenvalue weighted by Gasteiger charge is 2.17. The van der Waals surface area contributed by atoms with E-state index in [1.165, 1.54) is 10.1 Å². The van der Waals surface area contributed by atoms with Gasteiger partial charge in [-0.2, -0.15) is 0 Å². The SMILES string of the molecule is CCN(CC)C(=O)Oc1c(C)ccc2c1sc1ccccc12. The fraction of sp³-hybridized carbons (Fsp3) is 0.278. The number of hydrogen-bond donors (Lipinski definition) is 0. The molecule has 1 heterocycles. The van der Waals surface area contributed by atoms with Gasteiger partial charge in [-0.3, -0.25) is 0 Å². The molecule has 0 saturated heterocycles. The highest BCUT2D eigenvalue weighted by molar-refractivity contribution is 7.26. The smallest absolute Gasteiger partial charge is 0.408 e. The Morgan fingerprint density at radius 1 is 1.09 bits per heavy atom. The van der Waals surface area contributed by atoms with Gasteiger partial charge in [-0.05, 0) is 32.4 Å². The van der Waals surface area contributed by atoms with Gasteiger partial charge in [0, 0.05) is 28.6 Å². The number of benzene rings is 2. The van der Waals surface area contributed by atoms with Crippen LogP contribution < -0.4 is 4.74 Å². The number of nitrogens with zero attached hydrogens (tertiary/aromatic N) is 1. The average Bonchev–Trinajstić information content (AvgIpc) is 2.90. The third kappa shape index (κ3) is 2.44. The van der Waals surface area contributed by atoms with E-state index in [9.17, 15) is 4.79 Å². The molecular weight excluding hydrogens is 294 g/mol. The number of thiophene rings is 1. The van der Waals surface area contributed by atoms with Crippen molar-refractivity contribution in [3.8, 4) is 5.75 Å². The number of ether oxygens (including phenoxy) is 1. The molecule has 0 saturated carbocycles. The highest BCUT2D eigenvalue weighted by atomic mass is 32.1. The molecule has 0 bridgehead atoms. The highest BCUT2D eigenvalue weighted by Crippen LogP contribution is 2.41. The summed E-state index contributed by atoms with van der Waals surface area (Å²) >= 11 is 1.68. The molecule has 1 amide bonds. The second kappa shape index (κ2) is 5.97. The Balaban J connectivity index is 2.12. The van der Waals surface area contributed by atoms with E-state index in [4.69, 9.17) is 4.74 Å². The van der Waals surface area contributed by atoms with Gasteiger partial charge in [0.15, 0.2) is 5.75 Å². The zero-order valence-electron chi connectivity index (χ0n) is 13.1. The van der Waals surface area contributed by atoms with Crippen LogP contribution in [0, 0.1) is 6.92 Å². The summed E-state index contributed by atoms with van der Waals surface area (Å²) < 4.78 is 7.98. The van der Waals surface area contributed by atoms with E-state index in [0.29, 0.717) is 18.8 Å². The summed E-state index contributed by atoms with van der Waals surface area (Å²) in [6, 6.07) is 12.4. The minimum Gasteiger partial charge on any atom is -0.408 e. The summed E-state index contributed by atoms with van der Waals surface area (Å²) in [5, 5.41) is 2.36. The Hall–Kier alpha value is -2.07. The lowest BCUT2D eigenvalue weighted by molar-refractivity contribution is 0.157. The van der Waals surface area contributed by atoms with Gasteiger partial charge in [-0.1, -0.05) is 30.3 Å². The van der Waals surface area contributed by atoms with Crippen LogP contribution in [0.4, 0.5) is 4.79 Å². The maximum absolute atomic E-state index is 12.3. The fourth-order valence-electron chi connectivity index (χ4n) is 2.62. The van der Waals surface area contributed by atoms with Crippen LogP contribution >= 0.6 is 11.3 Å². The average molecular weight is 313 g/mol. The third-order valence-electron chi connectivity index (χ3n) is 3.91. The van der Waals surface area contributed by atoms with Crippen LogP contribution in [-0.4, -0.2) is 24.1 Å². The molecule has 22 heavy (non-hydrogen) atoms. The normalized spacial score (nSPS) is 11.0. The molecule has 0 spiro atoms. The lowest BCUT2D eigenvalue weighted by Crippen LogP contribution is -2.33. The van der Waals surface area contributed by atoms with Gasteiger partial charge in [-0.15, -0.1) is 11.3 Å². The van der Waals surface area contributed by atoms with Gasteiger partial charge in [0.2, 0.25) is 0 Å². The van der Waals surface area contributed by atoms with Crippen molar-refractivity contribution in [2.75, 3.05) is 13.1 Å². The standard InChI is InChI=1S/C18H19NO2S/c1-4-19(5-2)18(20)21-16-12(3)10-11-14-13-8-6-7-9-15(13)22-17(14)16/h6-11H,4-5H2,1-3H3. The van der Waals surface area contributed by atoms with Crippen molar-refractivity contribution in [1.82, 2.24) is 4.90 Å². The second-order valence-corrected chi connectivity index (χ2v) is 6.28. The monoisotopic (exact) mass is 313 g/mol. The predicted octanol–water partition coefficient (Wildman–Crippen LogP) is 5.20. The first-order chi connectivity index (χ1) is 10.7. The molecule has 2 aromatic carbocycles. The molecule has 0 fully saturated rings. The van der Waals surface area contributed by atoms with Gasteiger partial charge < -0.3 is 9.64 Å². The summed E-state index contributed by atoms with van der Waals surface area (Å²) in [7, 11) is 0. The molecule has 0 atom stereocenters. The van der Waals surface area contributed by atoms with Gasteiger partial charge >= 0.3 is 6.09 Å². The van der Waals surface area contributed by atoms with Crippen molar-refractivity contribution in [1.29, 1.82) is 0 Å². The van der Waals surface area contributed by atoms with Crippen molar-refractivity contribution in [2.24, 2.45) is 0 Å². The number of hydrogen-bond acceptors (Lipinski definition) is 3. The van der Waals surface area contributed by atoms with E-state index in [-0.39, 0.29) is 6.09 Å². The molecule has 0 aliphatic heterocycles. The van der Waals surface area contributed by atoms with Crippen molar-refractivity contribution in [3.05, 3.63) is 42.0 Å². The molecule has 3 rings (SSSR count). The minimum absolute atomic E-state index is 0.280. The molecule has 0 unspecified atom stereocenters. The fourth-order valence-corrected chi connectivity index (χ4v) is 3.86. The Bertz CT molecular complexity index is 834. The first-order valence-corrected chi connectivity index (χ1v) is 8.35.